The number of hydrogen-bond acceptors (Lipinski definition) is 4. The molecule has 0 atom stereocenters. The van der Waals surface area contributed by atoms with Gasteiger partial charge in [-0.15, -0.1) is 0 Å². The molecule has 0 fully saturated rings. The van der Waals surface area contributed by atoms with E-state index in [1.807, 2.05) is 0 Å². The second-order valence-electron chi connectivity index (χ2n) is 4.75. The third kappa shape index (κ3) is 2.42. The van der Waals surface area contributed by atoms with Crippen molar-refractivity contribution in [2.45, 2.75) is 6.54 Å². The van der Waals surface area contributed by atoms with Gasteiger partial charge in [0.25, 0.3) is 0 Å². The Balaban J connectivity index is 2.10. The van der Waals surface area contributed by atoms with E-state index in [1.165, 1.54) is 17.3 Å². The molecule has 3 rings (SSSR count). The lowest BCUT2D eigenvalue weighted by Gasteiger charge is -2.21. The van der Waals surface area contributed by atoms with Crippen molar-refractivity contribution >= 4 is 29.0 Å². The number of nitrogens with zero attached hydrogens (tertiary/aromatic N) is 4. The highest BCUT2D eigenvalue weighted by molar-refractivity contribution is 6.30. The molecule has 0 spiro atoms. The third-order valence-electron chi connectivity index (χ3n) is 3.36. The summed E-state index contributed by atoms with van der Waals surface area (Å²) >= 11 is 6.11. The van der Waals surface area contributed by atoms with Crippen LogP contribution in [0.1, 0.15) is 5.56 Å². The summed E-state index contributed by atoms with van der Waals surface area (Å²) in [6.07, 6.45) is 1.35. The highest BCUT2D eigenvalue weighted by Crippen LogP contribution is 2.30. The average molecular weight is 307 g/mol. The van der Waals surface area contributed by atoms with E-state index >= 15 is 0 Å². The van der Waals surface area contributed by atoms with Gasteiger partial charge in [0.15, 0.2) is 0 Å². The number of likely N-dealkylation sites (N-methyl/N-ethyl adjacent to an activating group) is 1. The molecule has 108 valence electrons. The molecule has 0 bridgehead atoms. The summed E-state index contributed by atoms with van der Waals surface area (Å²) in [5.41, 5.74) is 0.833. The zero-order valence-electron chi connectivity index (χ0n) is 11.3. The molecule has 21 heavy (non-hydrogen) atoms. The van der Waals surface area contributed by atoms with E-state index in [1.54, 1.807) is 30.1 Å². The van der Waals surface area contributed by atoms with Crippen LogP contribution >= 0.6 is 11.6 Å². The van der Waals surface area contributed by atoms with Crippen LogP contribution in [0.3, 0.4) is 0 Å². The molecule has 5 nitrogen and oxygen atoms in total. The maximum Gasteiger partial charge on any atom is 0.246 e. The van der Waals surface area contributed by atoms with Crippen molar-refractivity contribution in [3.05, 3.63) is 47.1 Å². The highest BCUT2D eigenvalue weighted by atomic mass is 35.5. The van der Waals surface area contributed by atoms with E-state index < -0.39 is 5.82 Å². The summed E-state index contributed by atoms with van der Waals surface area (Å²) in [6.45, 7) is 0.230. The normalized spacial score (nSPS) is 14.9. The molecule has 0 radical (unpaired) electrons. The van der Waals surface area contributed by atoms with E-state index in [2.05, 4.69) is 9.97 Å². The number of rotatable bonds is 1. The zero-order chi connectivity index (χ0) is 15.0. The van der Waals surface area contributed by atoms with Crippen molar-refractivity contribution in [1.29, 1.82) is 0 Å². The highest BCUT2D eigenvalue weighted by Gasteiger charge is 2.28. The Hall–Kier alpha value is -2.21. The van der Waals surface area contributed by atoms with Crippen molar-refractivity contribution in [3.63, 3.8) is 0 Å². The van der Waals surface area contributed by atoms with Crippen LogP contribution in [0.2, 0.25) is 5.15 Å². The smallest absolute Gasteiger partial charge is 0.246 e. The topological polar surface area (TPSA) is 49.3 Å². The summed E-state index contributed by atoms with van der Waals surface area (Å²) < 4.78 is 14.0. The van der Waals surface area contributed by atoms with Crippen molar-refractivity contribution in [2.75, 3.05) is 23.4 Å². The molecule has 1 aliphatic heterocycles. The first-order chi connectivity index (χ1) is 10.1. The number of hydrogen-bond donors (Lipinski definition) is 0. The summed E-state index contributed by atoms with van der Waals surface area (Å²) in [4.78, 5) is 23.5. The fourth-order valence-corrected chi connectivity index (χ4v) is 2.53. The number of para-hydroxylation sites is 1. The fraction of sp³-hybridized carbons (Fsp3) is 0.214. The van der Waals surface area contributed by atoms with Gasteiger partial charge in [0, 0.05) is 7.05 Å². The summed E-state index contributed by atoms with van der Waals surface area (Å²) in [6, 6.07) is 6.15. The number of anilines is 2. The minimum atomic E-state index is -0.454. The fourth-order valence-electron chi connectivity index (χ4n) is 2.35. The summed E-state index contributed by atoms with van der Waals surface area (Å²) in [5.74, 6) is -0.0937. The number of fused-ring (bicyclic) bond motifs is 1. The van der Waals surface area contributed by atoms with Gasteiger partial charge in [0.1, 0.15) is 23.1 Å². The van der Waals surface area contributed by atoms with Crippen LogP contribution in [0.4, 0.5) is 15.9 Å². The molecule has 1 aromatic carbocycles. The van der Waals surface area contributed by atoms with Gasteiger partial charge in [-0.2, -0.15) is 0 Å². The molecule has 0 saturated heterocycles. The van der Waals surface area contributed by atoms with E-state index in [0.717, 1.165) is 0 Å². The van der Waals surface area contributed by atoms with Gasteiger partial charge in [0.05, 0.1) is 24.3 Å². The first kappa shape index (κ1) is 13.8. The van der Waals surface area contributed by atoms with Crippen LogP contribution in [0.25, 0.3) is 0 Å². The van der Waals surface area contributed by atoms with Crippen LogP contribution in [0, 0.1) is 5.82 Å². The third-order valence-corrected chi connectivity index (χ3v) is 3.69. The van der Waals surface area contributed by atoms with Crippen LogP contribution in [-0.4, -0.2) is 29.5 Å². The van der Waals surface area contributed by atoms with Crippen LogP contribution < -0.4 is 9.80 Å². The Labute approximate surface area is 126 Å². The molecule has 0 unspecified atom stereocenters. The van der Waals surface area contributed by atoms with E-state index in [4.69, 9.17) is 11.6 Å². The Kier molecular flexibility index (Phi) is 3.47. The minimum absolute atomic E-state index is 0.0919. The van der Waals surface area contributed by atoms with E-state index in [0.29, 0.717) is 11.4 Å². The summed E-state index contributed by atoms with van der Waals surface area (Å²) in [5, 5.41) is 0.267. The van der Waals surface area contributed by atoms with Crippen molar-refractivity contribution < 1.29 is 9.18 Å². The Morgan fingerprint density at radius 3 is 2.76 bits per heavy atom. The van der Waals surface area contributed by atoms with Gasteiger partial charge in [-0.1, -0.05) is 23.7 Å². The number of carbonyl (C=O) groups excluding carboxylic acids is 1. The zero-order valence-corrected chi connectivity index (χ0v) is 12.0. The SMILES string of the molecule is CN1CC(=O)N(c2ccccc2F)Cc2c(Cl)ncnc21. The van der Waals surface area contributed by atoms with Crippen LogP contribution in [0.5, 0.6) is 0 Å². The molecule has 1 aromatic heterocycles. The quantitative estimate of drug-likeness (QED) is 0.758. The Bertz CT molecular complexity index is 709. The molecular weight excluding hydrogens is 295 g/mol. The second kappa shape index (κ2) is 5.29. The lowest BCUT2D eigenvalue weighted by atomic mass is 10.2. The van der Waals surface area contributed by atoms with Gasteiger partial charge >= 0.3 is 0 Å². The standard InChI is InChI=1S/C14H12ClFN4O/c1-19-7-12(21)20(11-5-3-2-4-10(11)16)6-9-13(15)17-8-18-14(9)19/h2-5,8H,6-7H2,1H3. The second-order valence-corrected chi connectivity index (χ2v) is 5.11. The Morgan fingerprint density at radius 1 is 1.24 bits per heavy atom. The van der Waals surface area contributed by atoms with Crippen LogP contribution in [-0.2, 0) is 11.3 Å². The number of amides is 1. The largest absolute Gasteiger partial charge is 0.350 e. The predicted octanol–water partition coefficient (Wildman–Crippen LogP) is 2.25. The van der Waals surface area contributed by atoms with Gasteiger partial charge in [-0.25, -0.2) is 14.4 Å². The van der Waals surface area contributed by atoms with Gasteiger partial charge < -0.3 is 9.80 Å². The van der Waals surface area contributed by atoms with Gasteiger partial charge in [-0.3, -0.25) is 4.79 Å². The van der Waals surface area contributed by atoms with Gasteiger partial charge in [0.2, 0.25) is 5.91 Å². The lowest BCUT2D eigenvalue weighted by Crippen LogP contribution is -2.36. The molecule has 7 heteroatoms. The average Bonchev–Trinajstić information content (AvgIpc) is 2.58. The van der Waals surface area contributed by atoms with Crippen LogP contribution in [0.15, 0.2) is 30.6 Å². The number of carbonyl (C=O) groups is 1. The molecular formula is C14H12ClFN4O. The maximum absolute atomic E-state index is 14.0. The molecule has 2 aromatic rings. The van der Waals surface area contributed by atoms with Crippen molar-refractivity contribution in [3.8, 4) is 0 Å². The number of benzene rings is 1. The van der Waals surface area contributed by atoms with Crippen molar-refractivity contribution in [2.24, 2.45) is 0 Å². The Morgan fingerprint density at radius 2 is 2.00 bits per heavy atom. The predicted molar refractivity (Wildman–Crippen MR) is 77.9 cm³/mol. The molecule has 1 aliphatic rings. The summed E-state index contributed by atoms with van der Waals surface area (Å²) in [7, 11) is 1.74. The van der Waals surface area contributed by atoms with E-state index in [9.17, 15) is 9.18 Å². The molecule has 0 aliphatic carbocycles. The molecule has 1 amide bonds. The van der Waals surface area contributed by atoms with E-state index in [-0.39, 0.29) is 29.8 Å². The lowest BCUT2D eigenvalue weighted by molar-refractivity contribution is -0.117. The number of aromatic nitrogens is 2. The van der Waals surface area contributed by atoms with Crippen molar-refractivity contribution in [1.82, 2.24) is 9.97 Å². The molecule has 0 N–H and O–H groups in total. The first-order valence-corrected chi connectivity index (χ1v) is 6.71. The monoisotopic (exact) mass is 306 g/mol. The first-order valence-electron chi connectivity index (χ1n) is 6.33. The molecule has 0 saturated carbocycles. The minimum Gasteiger partial charge on any atom is -0.350 e. The maximum atomic E-state index is 14.0. The number of halogens is 2. The molecule has 2 heterocycles. The van der Waals surface area contributed by atoms with Gasteiger partial charge in [-0.05, 0) is 12.1 Å².